The quantitative estimate of drug-likeness (QED) is 0.828. The molecule has 0 aliphatic heterocycles. The topological polar surface area (TPSA) is 29.1 Å². The first-order valence-corrected chi connectivity index (χ1v) is 8.22. The lowest BCUT2D eigenvalue weighted by atomic mass is 10.2. The van der Waals surface area contributed by atoms with Crippen molar-refractivity contribution in [3.63, 3.8) is 0 Å². The molecule has 2 nitrogen and oxygen atoms in total. The van der Waals surface area contributed by atoms with Crippen molar-refractivity contribution in [1.82, 2.24) is 5.32 Å². The van der Waals surface area contributed by atoms with E-state index in [1.807, 2.05) is 0 Å². The fourth-order valence-corrected chi connectivity index (χ4v) is 3.65. The predicted octanol–water partition coefficient (Wildman–Crippen LogP) is 3.88. The zero-order valence-corrected chi connectivity index (χ0v) is 13.0. The normalized spacial score (nSPS) is 14.4. The van der Waals surface area contributed by atoms with E-state index in [0.29, 0.717) is 20.7 Å². The van der Waals surface area contributed by atoms with Gasteiger partial charge < -0.3 is 5.32 Å². The van der Waals surface area contributed by atoms with Gasteiger partial charge in [0.05, 0.1) is 20.7 Å². The molecule has 0 amide bonds. The van der Waals surface area contributed by atoms with Crippen molar-refractivity contribution in [1.29, 1.82) is 0 Å². The highest BCUT2D eigenvalue weighted by Gasteiger charge is 2.14. The van der Waals surface area contributed by atoms with E-state index in [-0.39, 0.29) is 6.04 Å². The maximum atomic E-state index is 12.3. The second kappa shape index (κ2) is 8.16. The third-order valence-corrected chi connectivity index (χ3v) is 4.88. The summed E-state index contributed by atoms with van der Waals surface area (Å²) < 4.78 is 12.3. The summed E-state index contributed by atoms with van der Waals surface area (Å²) in [6, 6.07) is 5.34. The molecule has 1 rings (SSSR count). The van der Waals surface area contributed by atoms with E-state index in [1.165, 1.54) is 0 Å². The maximum Gasteiger partial charge on any atom is 0.0589 e. The summed E-state index contributed by atoms with van der Waals surface area (Å²) in [5, 5.41) is 4.47. The van der Waals surface area contributed by atoms with Crippen LogP contribution < -0.4 is 5.32 Å². The number of rotatable bonds is 7. The van der Waals surface area contributed by atoms with Crippen LogP contribution in [0.15, 0.2) is 23.1 Å². The number of halogens is 2. The summed E-state index contributed by atoms with van der Waals surface area (Å²) in [5.74, 6) is 0.566. The molecule has 5 heteroatoms. The summed E-state index contributed by atoms with van der Waals surface area (Å²) in [6.07, 6.45) is 2.02. The Labute approximate surface area is 122 Å². The Morgan fingerprint density at radius 3 is 2.67 bits per heavy atom. The maximum absolute atomic E-state index is 12.3. The summed E-state index contributed by atoms with van der Waals surface area (Å²) >= 11 is 12.0. The Bertz CT molecular complexity index is 412. The van der Waals surface area contributed by atoms with E-state index in [4.69, 9.17) is 23.2 Å². The largest absolute Gasteiger partial charge is 0.313 e. The highest BCUT2D eigenvalue weighted by atomic mass is 35.5. The van der Waals surface area contributed by atoms with Crippen LogP contribution in [0.4, 0.5) is 0 Å². The molecule has 0 saturated heterocycles. The molecule has 1 N–H and O–H groups in total. The Balaban J connectivity index is 2.71. The molecule has 0 aliphatic carbocycles. The monoisotopic (exact) mass is 307 g/mol. The van der Waals surface area contributed by atoms with Crippen LogP contribution in [0, 0.1) is 0 Å². The summed E-state index contributed by atoms with van der Waals surface area (Å²) in [4.78, 5) is 0.626. The lowest BCUT2D eigenvalue weighted by Gasteiger charge is -2.16. The minimum absolute atomic E-state index is 0.251. The fourth-order valence-electron chi connectivity index (χ4n) is 1.59. The van der Waals surface area contributed by atoms with E-state index in [0.717, 1.165) is 19.4 Å². The summed E-state index contributed by atoms with van der Waals surface area (Å²) in [7, 11) is -1.12. The molecule has 2 atom stereocenters. The Morgan fingerprint density at radius 2 is 2.06 bits per heavy atom. The molecule has 2 unspecified atom stereocenters. The second-order valence-corrected chi connectivity index (χ2v) is 6.45. The van der Waals surface area contributed by atoms with E-state index in [1.54, 1.807) is 18.2 Å². The fraction of sp³-hybridized carbons (Fsp3) is 0.538. The number of hydrogen-bond acceptors (Lipinski definition) is 2. The lowest BCUT2D eigenvalue weighted by molar-refractivity contribution is 0.534. The smallest absolute Gasteiger partial charge is 0.0589 e. The molecule has 1 aromatic rings. The molecule has 0 aromatic heterocycles. The average Bonchev–Trinajstić information content (AvgIpc) is 2.37. The van der Waals surface area contributed by atoms with Crippen LogP contribution in [0.2, 0.25) is 10.0 Å². The molecule has 0 heterocycles. The minimum Gasteiger partial charge on any atom is -0.313 e. The van der Waals surface area contributed by atoms with Gasteiger partial charge in [0.15, 0.2) is 0 Å². The molecular weight excluding hydrogens is 289 g/mol. The SMILES string of the molecule is CCCNC(CC)CS(=O)c1cc(Cl)ccc1Cl. The van der Waals surface area contributed by atoms with Gasteiger partial charge >= 0.3 is 0 Å². The lowest BCUT2D eigenvalue weighted by Crippen LogP contribution is -2.34. The number of nitrogens with one attached hydrogen (secondary N) is 1. The zero-order chi connectivity index (χ0) is 13.5. The van der Waals surface area contributed by atoms with Crippen molar-refractivity contribution in [2.45, 2.75) is 37.6 Å². The molecule has 0 spiro atoms. The van der Waals surface area contributed by atoms with Crippen molar-refractivity contribution in [3.05, 3.63) is 28.2 Å². The first-order valence-electron chi connectivity index (χ1n) is 6.15. The van der Waals surface area contributed by atoms with Gasteiger partial charge in [0.1, 0.15) is 0 Å². The zero-order valence-electron chi connectivity index (χ0n) is 10.7. The summed E-state index contributed by atoms with van der Waals surface area (Å²) in [6.45, 7) is 5.15. The van der Waals surface area contributed by atoms with Gasteiger partial charge in [0.2, 0.25) is 0 Å². The Morgan fingerprint density at radius 1 is 1.33 bits per heavy atom. The molecule has 0 aliphatic rings. The van der Waals surface area contributed by atoms with Gasteiger partial charge in [-0.15, -0.1) is 0 Å². The van der Waals surface area contributed by atoms with Crippen molar-refractivity contribution in [2.24, 2.45) is 0 Å². The highest BCUT2D eigenvalue weighted by molar-refractivity contribution is 7.85. The van der Waals surface area contributed by atoms with E-state index < -0.39 is 10.8 Å². The number of benzene rings is 1. The molecular formula is C13H19Cl2NOS. The van der Waals surface area contributed by atoms with Gasteiger partial charge in [-0.3, -0.25) is 4.21 Å². The van der Waals surface area contributed by atoms with Gasteiger partial charge in [-0.1, -0.05) is 37.0 Å². The van der Waals surface area contributed by atoms with Crippen LogP contribution in [0.25, 0.3) is 0 Å². The van der Waals surface area contributed by atoms with Crippen molar-refractivity contribution in [3.8, 4) is 0 Å². The van der Waals surface area contributed by atoms with Gasteiger partial charge in [0.25, 0.3) is 0 Å². The molecule has 0 bridgehead atoms. The van der Waals surface area contributed by atoms with Crippen LogP contribution in [0.5, 0.6) is 0 Å². The third-order valence-electron chi connectivity index (χ3n) is 2.67. The van der Waals surface area contributed by atoms with Crippen molar-refractivity contribution < 1.29 is 4.21 Å². The van der Waals surface area contributed by atoms with Crippen LogP contribution in [-0.4, -0.2) is 22.5 Å². The second-order valence-electron chi connectivity index (χ2n) is 4.15. The van der Waals surface area contributed by atoms with Gasteiger partial charge in [0, 0.05) is 16.8 Å². The summed E-state index contributed by atoms with van der Waals surface area (Å²) in [5.41, 5.74) is 0. The van der Waals surface area contributed by atoms with Crippen LogP contribution in [0.3, 0.4) is 0 Å². The van der Waals surface area contributed by atoms with E-state index >= 15 is 0 Å². The van der Waals surface area contributed by atoms with Gasteiger partial charge in [-0.25, -0.2) is 0 Å². The van der Waals surface area contributed by atoms with Crippen LogP contribution in [-0.2, 0) is 10.8 Å². The molecule has 102 valence electrons. The third kappa shape index (κ3) is 4.88. The standard InChI is InChI=1S/C13H19Cl2NOS/c1-3-7-16-11(4-2)9-18(17)13-8-10(14)5-6-12(13)15/h5-6,8,11,16H,3-4,7,9H2,1-2H3. The van der Waals surface area contributed by atoms with Crippen molar-refractivity contribution in [2.75, 3.05) is 12.3 Å². The molecule has 0 fully saturated rings. The Hall–Kier alpha value is -0.0900. The predicted molar refractivity (Wildman–Crippen MR) is 80.1 cm³/mol. The van der Waals surface area contributed by atoms with Crippen LogP contribution >= 0.6 is 23.2 Å². The van der Waals surface area contributed by atoms with Gasteiger partial charge in [-0.2, -0.15) is 0 Å². The average molecular weight is 308 g/mol. The minimum atomic E-state index is -1.12. The van der Waals surface area contributed by atoms with Crippen molar-refractivity contribution >= 4 is 34.0 Å². The molecule has 0 saturated carbocycles. The number of hydrogen-bond donors (Lipinski definition) is 1. The van der Waals surface area contributed by atoms with Crippen LogP contribution in [0.1, 0.15) is 26.7 Å². The molecule has 0 radical (unpaired) electrons. The first-order chi connectivity index (χ1) is 8.58. The molecule has 1 aromatic carbocycles. The van der Waals surface area contributed by atoms with E-state index in [9.17, 15) is 4.21 Å². The highest BCUT2D eigenvalue weighted by Crippen LogP contribution is 2.24. The first kappa shape index (κ1) is 16.0. The van der Waals surface area contributed by atoms with Gasteiger partial charge in [-0.05, 0) is 37.6 Å². The molecule has 18 heavy (non-hydrogen) atoms. The van der Waals surface area contributed by atoms with E-state index in [2.05, 4.69) is 19.2 Å². The Kier molecular flexibility index (Phi) is 7.23.